The highest BCUT2D eigenvalue weighted by molar-refractivity contribution is 7.13. The van der Waals surface area contributed by atoms with Crippen molar-refractivity contribution in [3.63, 3.8) is 0 Å². The summed E-state index contributed by atoms with van der Waals surface area (Å²) in [5, 5.41) is 13.2. The minimum absolute atomic E-state index is 0.0489. The van der Waals surface area contributed by atoms with Gasteiger partial charge in [-0.3, -0.25) is 4.79 Å². The first kappa shape index (κ1) is 14.4. The predicted octanol–water partition coefficient (Wildman–Crippen LogP) is 1.74. The van der Waals surface area contributed by atoms with Crippen LogP contribution in [0, 0.1) is 5.92 Å². The molecule has 0 aromatic carbocycles. The molecule has 2 heterocycles. The molecule has 2 atom stereocenters. The van der Waals surface area contributed by atoms with Crippen molar-refractivity contribution in [2.45, 2.75) is 38.9 Å². The Kier molecular flexibility index (Phi) is 4.90. The molecule has 1 saturated heterocycles. The van der Waals surface area contributed by atoms with Gasteiger partial charge in [0.1, 0.15) is 16.0 Å². The first-order valence-corrected chi connectivity index (χ1v) is 7.43. The van der Waals surface area contributed by atoms with E-state index in [9.17, 15) is 9.90 Å². The summed E-state index contributed by atoms with van der Waals surface area (Å²) in [6, 6.07) is 0. The van der Waals surface area contributed by atoms with Crippen molar-refractivity contribution in [3.05, 3.63) is 16.1 Å². The van der Waals surface area contributed by atoms with Crippen LogP contribution in [-0.2, 0) is 4.74 Å². The number of nitrogens with one attached hydrogen (secondary N) is 1. The summed E-state index contributed by atoms with van der Waals surface area (Å²) in [4.78, 5) is 16.7. The van der Waals surface area contributed by atoms with E-state index in [4.69, 9.17) is 4.74 Å². The van der Waals surface area contributed by atoms with E-state index in [2.05, 4.69) is 10.3 Å². The van der Waals surface area contributed by atoms with Crippen LogP contribution in [-0.4, -0.2) is 35.3 Å². The first-order chi connectivity index (χ1) is 9.08. The van der Waals surface area contributed by atoms with Crippen molar-refractivity contribution in [3.8, 4) is 0 Å². The Morgan fingerprint density at radius 2 is 2.47 bits per heavy atom. The van der Waals surface area contributed by atoms with Gasteiger partial charge in [-0.25, -0.2) is 4.98 Å². The molecule has 1 amide bonds. The number of rotatable bonds is 5. The van der Waals surface area contributed by atoms with Crippen LogP contribution in [0.25, 0.3) is 0 Å². The lowest BCUT2D eigenvalue weighted by atomic mass is 10.1. The average molecular weight is 284 g/mol. The van der Waals surface area contributed by atoms with E-state index in [-0.39, 0.29) is 24.5 Å². The molecular weight excluding hydrogens is 264 g/mol. The third-order valence-electron chi connectivity index (χ3n) is 3.19. The number of aliphatic hydroxyl groups is 1. The summed E-state index contributed by atoms with van der Waals surface area (Å²) < 4.78 is 5.54. The maximum atomic E-state index is 11.9. The first-order valence-electron chi connectivity index (χ1n) is 6.61. The zero-order chi connectivity index (χ0) is 13.8. The minimum Gasteiger partial charge on any atom is -0.391 e. The molecule has 106 valence electrons. The molecule has 1 aromatic heterocycles. The Morgan fingerprint density at radius 3 is 3.11 bits per heavy atom. The fourth-order valence-corrected chi connectivity index (χ4v) is 2.75. The standard InChI is InChI=1S/C13H20N2O3S/c1-8(2)9(16)6-14-12(17)11-7-15-13(19-11)10-4-3-5-18-10/h7-10,16H,3-6H2,1-2H3,(H,14,17). The molecule has 0 saturated carbocycles. The van der Waals surface area contributed by atoms with Gasteiger partial charge in [-0.1, -0.05) is 13.8 Å². The van der Waals surface area contributed by atoms with Gasteiger partial charge < -0.3 is 15.2 Å². The SMILES string of the molecule is CC(C)C(O)CNC(=O)c1cnc(C2CCCO2)s1. The number of hydrogen-bond acceptors (Lipinski definition) is 5. The molecule has 5 nitrogen and oxygen atoms in total. The summed E-state index contributed by atoms with van der Waals surface area (Å²) in [5.74, 6) is -0.0503. The molecule has 0 aliphatic carbocycles. The molecule has 1 aromatic rings. The van der Waals surface area contributed by atoms with E-state index in [1.54, 1.807) is 6.20 Å². The summed E-state index contributed by atoms with van der Waals surface area (Å²) in [6.07, 6.45) is 3.13. The Hall–Kier alpha value is -0.980. The maximum Gasteiger partial charge on any atom is 0.263 e. The van der Waals surface area contributed by atoms with Crippen molar-refractivity contribution in [2.24, 2.45) is 5.92 Å². The molecule has 2 rings (SSSR count). The molecule has 6 heteroatoms. The smallest absolute Gasteiger partial charge is 0.263 e. The van der Waals surface area contributed by atoms with Crippen LogP contribution in [0.4, 0.5) is 0 Å². The molecule has 1 aliphatic rings. The third kappa shape index (κ3) is 3.75. The summed E-state index contributed by atoms with van der Waals surface area (Å²) in [5.41, 5.74) is 0. The van der Waals surface area contributed by atoms with E-state index in [1.165, 1.54) is 11.3 Å². The third-order valence-corrected chi connectivity index (χ3v) is 4.28. The number of carbonyl (C=O) groups is 1. The predicted molar refractivity (Wildman–Crippen MR) is 73.2 cm³/mol. The van der Waals surface area contributed by atoms with Gasteiger partial charge in [0, 0.05) is 13.2 Å². The van der Waals surface area contributed by atoms with Crippen LogP contribution in [0.15, 0.2) is 6.20 Å². The second kappa shape index (κ2) is 6.45. The number of ether oxygens (including phenoxy) is 1. The van der Waals surface area contributed by atoms with Crippen molar-refractivity contribution >= 4 is 17.2 Å². The van der Waals surface area contributed by atoms with Crippen LogP contribution < -0.4 is 5.32 Å². The van der Waals surface area contributed by atoms with Gasteiger partial charge in [-0.05, 0) is 18.8 Å². The molecule has 2 unspecified atom stereocenters. The van der Waals surface area contributed by atoms with Gasteiger partial charge in [0.15, 0.2) is 0 Å². The number of aliphatic hydroxyl groups excluding tert-OH is 1. The van der Waals surface area contributed by atoms with Gasteiger partial charge >= 0.3 is 0 Å². The summed E-state index contributed by atoms with van der Waals surface area (Å²) in [7, 11) is 0. The highest BCUT2D eigenvalue weighted by Gasteiger charge is 2.22. The largest absolute Gasteiger partial charge is 0.391 e. The van der Waals surface area contributed by atoms with Crippen LogP contribution in [0.3, 0.4) is 0 Å². The highest BCUT2D eigenvalue weighted by atomic mass is 32.1. The van der Waals surface area contributed by atoms with Crippen LogP contribution >= 0.6 is 11.3 Å². The quantitative estimate of drug-likeness (QED) is 0.864. The van der Waals surface area contributed by atoms with E-state index < -0.39 is 6.10 Å². The van der Waals surface area contributed by atoms with E-state index in [1.807, 2.05) is 13.8 Å². The number of thiazole rings is 1. The minimum atomic E-state index is -0.519. The normalized spacial score (nSPS) is 20.7. The fourth-order valence-electron chi connectivity index (χ4n) is 1.83. The maximum absolute atomic E-state index is 11.9. The number of aromatic nitrogens is 1. The topological polar surface area (TPSA) is 71.5 Å². The van der Waals surface area contributed by atoms with E-state index in [0.29, 0.717) is 4.88 Å². The molecule has 19 heavy (non-hydrogen) atoms. The van der Waals surface area contributed by atoms with Gasteiger partial charge in [0.2, 0.25) is 0 Å². The Balaban J connectivity index is 1.89. The summed E-state index contributed by atoms with van der Waals surface area (Å²) in [6.45, 7) is 4.87. The number of amides is 1. The number of carbonyl (C=O) groups excluding carboxylic acids is 1. The van der Waals surface area contributed by atoms with Crippen molar-refractivity contribution in [1.82, 2.24) is 10.3 Å². The summed E-state index contributed by atoms with van der Waals surface area (Å²) >= 11 is 1.37. The van der Waals surface area contributed by atoms with Crippen LogP contribution in [0.1, 0.15) is 47.5 Å². The Labute approximate surface area is 117 Å². The number of nitrogens with zero attached hydrogens (tertiary/aromatic N) is 1. The molecule has 0 radical (unpaired) electrons. The second-order valence-corrected chi connectivity index (χ2v) is 6.15. The monoisotopic (exact) mass is 284 g/mol. The molecule has 2 N–H and O–H groups in total. The lowest BCUT2D eigenvalue weighted by Crippen LogP contribution is -2.34. The highest BCUT2D eigenvalue weighted by Crippen LogP contribution is 2.31. The van der Waals surface area contributed by atoms with E-state index >= 15 is 0 Å². The van der Waals surface area contributed by atoms with Crippen molar-refractivity contribution in [1.29, 1.82) is 0 Å². The van der Waals surface area contributed by atoms with Gasteiger partial charge in [-0.2, -0.15) is 0 Å². The zero-order valence-electron chi connectivity index (χ0n) is 11.3. The van der Waals surface area contributed by atoms with Gasteiger partial charge in [0.05, 0.1) is 12.3 Å². The van der Waals surface area contributed by atoms with Gasteiger partial charge in [0.25, 0.3) is 5.91 Å². The van der Waals surface area contributed by atoms with Crippen LogP contribution in [0.2, 0.25) is 0 Å². The van der Waals surface area contributed by atoms with Crippen molar-refractivity contribution in [2.75, 3.05) is 13.2 Å². The second-order valence-electron chi connectivity index (χ2n) is 5.09. The molecule has 1 aliphatic heterocycles. The lowest BCUT2D eigenvalue weighted by Gasteiger charge is -2.14. The zero-order valence-corrected chi connectivity index (χ0v) is 12.1. The molecule has 1 fully saturated rings. The number of hydrogen-bond donors (Lipinski definition) is 2. The molecular formula is C13H20N2O3S. The van der Waals surface area contributed by atoms with E-state index in [0.717, 1.165) is 24.5 Å². The molecule has 0 spiro atoms. The average Bonchev–Trinajstić information content (AvgIpc) is 3.04. The lowest BCUT2D eigenvalue weighted by molar-refractivity contribution is 0.0875. The van der Waals surface area contributed by atoms with Crippen molar-refractivity contribution < 1.29 is 14.6 Å². The molecule has 0 bridgehead atoms. The Bertz CT molecular complexity index is 427. The van der Waals surface area contributed by atoms with Gasteiger partial charge in [-0.15, -0.1) is 11.3 Å². The van der Waals surface area contributed by atoms with Crippen LogP contribution in [0.5, 0.6) is 0 Å². The Morgan fingerprint density at radius 1 is 1.68 bits per heavy atom. The fraction of sp³-hybridized carbons (Fsp3) is 0.692.